The van der Waals surface area contributed by atoms with Crippen LogP contribution in [0.2, 0.25) is 0 Å². The van der Waals surface area contributed by atoms with Gasteiger partial charge >= 0.3 is 0 Å². The Balaban J connectivity index is 1.17. The third-order valence-electron chi connectivity index (χ3n) is 5.96. The van der Waals surface area contributed by atoms with Crippen molar-refractivity contribution in [3.63, 3.8) is 0 Å². The second-order valence-electron chi connectivity index (χ2n) is 8.46. The lowest BCUT2D eigenvalue weighted by atomic mass is 10.2. The lowest BCUT2D eigenvalue weighted by Crippen LogP contribution is -2.46. The SMILES string of the molecule is COc1ccc(N2CCN(Cc3nc(N)nc(Nc4ccc(Oc5ccccc5)cc4)n3)CC2)cc1. The van der Waals surface area contributed by atoms with Crippen LogP contribution < -0.4 is 25.4 Å². The maximum Gasteiger partial charge on any atom is 0.232 e. The summed E-state index contributed by atoms with van der Waals surface area (Å²) in [6.07, 6.45) is 0. The Labute approximate surface area is 210 Å². The normalized spacial score (nSPS) is 13.9. The number of para-hydroxylation sites is 1. The number of nitrogens with one attached hydrogen (secondary N) is 1. The van der Waals surface area contributed by atoms with Crippen molar-refractivity contribution in [3.8, 4) is 17.2 Å². The third kappa shape index (κ3) is 6.00. The zero-order valence-corrected chi connectivity index (χ0v) is 20.2. The molecule has 9 heteroatoms. The van der Waals surface area contributed by atoms with Gasteiger partial charge in [-0.25, -0.2) is 0 Å². The van der Waals surface area contributed by atoms with E-state index in [1.54, 1.807) is 7.11 Å². The van der Waals surface area contributed by atoms with Crippen molar-refractivity contribution in [1.82, 2.24) is 19.9 Å². The molecule has 0 amide bonds. The highest BCUT2D eigenvalue weighted by atomic mass is 16.5. The highest BCUT2D eigenvalue weighted by Gasteiger charge is 2.19. The Morgan fingerprint density at radius 1 is 0.778 bits per heavy atom. The molecular weight excluding hydrogens is 454 g/mol. The monoisotopic (exact) mass is 483 g/mol. The van der Waals surface area contributed by atoms with Gasteiger partial charge in [0.2, 0.25) is 11.9 Å². The van der Waals surface area contributed by atoms with Crippen LogP contribution in [-0.2, 0) is 6.54 Å². The molecule has 1 aliphatic heterocycles. The fourth-order valence-corrected chi connectivity index (χ4v) is 4.08. The molecule has 4 aromatic rings. The zero-order chi connectivity index (χ0) is 24.7. The zero-order valence-electron chi connectivity index (χ0n) is 20.2. The number of nitrogen functional groups attached to an aromatic ring is 1. The van der Waals surface area contributed by atoms with E-state index in [2.05, 4.69) is 42.2 Å². The van der Waals surface area contributed by atoms with E-state index >= 15 is 0 Å². The van der Waals surface area contributed by atoms with Gasteiger partial charge in [-0.15, -0.1) is 0 Å². The highest BCUT2D eigenvalue weighted by molar-refractivity contribution is 5.55. The van der Waals surface area contributed by atoms with E-state index in [1.165, 1.54) is 5.69 Å². The summed E-state index contributed by atoms with van der Waals surface area (Å²) >= 11 is 0. The fourth-order valence-electron chi connectivity index (χ4n) is 4.08. The van der Waals surface area contributed by atoms with E-state index in [4.69, 9.17) is 15.2 Å². The van der Waals surface area contributed by atoms with E-state index < -0.39 is 0 Å². The minimum atomic E-state index is 0.198. The minimum absolute atomic E-state index is 0.198. The predicted molar refractivity (Wildman–Crippen MR) is 141 cm³/mol. The third-order valence-corrected chi connectivity index (χ3v) is 5.96. The van der Waals surface area contributed by atoms with Gasteiger partial charge in [0.05, 0.1) is 13.7 Å². The number of anilines is 4. The van der Waals surface area contributed by atoms with E-state index in [-0.39, 0.29) is 5.95 Å². The lowest BCUT2D eigenvalue weighted by molar-refractivity contribution is 0.244. The number of piperazine rings is 1. The van der Waals surface area contributed by atoms with Crippen LogP contribution in [0.3, 0.4) is 0 Å². The molecule has 3 N–H and O–H groups in total. The number of nitrogens with zero attached hydrogens (tertiary/aromatic N) is 5. The first-order valence-corrected chi connectivity index (χ1v) is 11.9. The summed E-state index contributed by atoms with van der Waals surface area (Å²) in [6.45, 7) is 4.28. The van der Waals surface area contributed by atoms with Crippen LogP contribution in [0.5, 0.6) is 17.2 Å². The number of nitrogens with two attached hydrogens (primary N) is 1. The summed E-state index contributed by atoms with van der Waals surface area (Å²) in [6, 6.07) is 25.5. The first-order chi connectivity index (χ1) is 17.6. The van der Waals surface area contributed by atoms with Crippen molar-refractivity contribution in [3.05, 3.63) is 84.7 Å². The van der Waals surface area contributed by atoms with Gasteiger partial charge in [-0.1, -0.05) is 18.2 Å². The molecule has 0 saturated carbocycles. The maximum absolute atomic E-state index is 5.99. The smallest absolute Gasteiger partial charge is 0.232 e. The van der Waals surface area contributed by atoms with Gasteiger partial charge in [-0.3, -0.25) is 4.90 Å². The molecule has 0 unspecified atom stereocenters. The van der Waals surface area contributed by atoms with Gasteiger partial charge in [0, 0.05) is 37.6 Å². The van der Waals surface area contributed by atoms with Gasteiger partial charge < -0.3 is 25.4 Å². The van der Waals surface area contributed by atoms with Crippen molar-refractivity contribution in [2.75, 3.05) is 49.2 Å². The largest absolute Gasteiger partial charge is 0.497 e. The van der Waals surface area contributed by atoms with Crippen molar-refractivity contribution >= 4 is 23.3 Å². The van der Waals surface area contributed by atoms with E-state index in [0.29, 0.717) is 18.3 Å². The Morgan fingerprint density at radius 2 is 1.44 bits per heavy atom. The van der Waals surface area contributed by atoms with Crippen molar-refractivity contribution in [2.45, 2.75) is 6.54 Å². The van der Waals surface area contributed by atoms with E-state index in [0.717, 1.165) is 49.1 Å². The average Bonchev–Trinajstić information content (AvgIpc) is 2.91. The second-order valence-corrected chi connectivity index (χ2v) is 8.46. The standard InChI is InChI=1S/C27H29N7O2/c1-35-22-13-9-21(10-14-22)34-17-15-33(16-18-34)19-25-30-26(28)32-27(31-25)29-20-7-11-24(12-8-20)36-23-5-3-2-4-6-23/h2-14H,15-19H2,1H3,(H3,28,29,30,31,32). The van der Waals surface area contributed by atoms with E-state index in [1.807, 2.05) is 66.7 Å². The molecule has 36 heavy (non-hydrogen) atoms. The van der Waals surface area contributed by atoms with Gasteiger partial charge in [-0.05, 0) is 60.7 Å². The number of aromatic nitrogens is 3. The van der Waals surface area contributed by atoms with Crippen LogP contribution in [0.4, 0.5) is 23.3 Å². The summed E-state index contributed by atoms with van der Waals surface area (Å²) in [5.41, 5.74) is 8.02. The first kappa shape index (κ1) is 23.4. The molecule has 1 fully saturated rings. The van der Waals surface area contributed by atoms with Crippen molar-refractivity contribution in [2.24, 2.45) is 0 Å². The van der Waals surface area contributed by atoms with Crippen LogP contribution in [0.25, 0.3) is 0 Å². The molecule has 0 atom stereocenters. The van der Waals surface area contributed by atoms with Crippen LogP contribution in [0.15, 0.2) is 78.9 Å². The number of ether oxygens (including phenoxy) is 2. The molecule has 1 saturated heterocycles. The molecule has 9 nitrogen and oxygen atoms in total. The predicted octanol–water partition coefficient (Wildman–Crippen LogP) is 4.32. The molecule has 184 valence electrons. The van der Waals surface area contributed by atoms with Gasteiger partial charge in [0.1, 0.15) is 23.1 Å². The summed E-state index contributed by atoms with van der Waals surface area (Å²) in [5.74, 6) is 3.67. The first-order valence-electron chi connectivity index (χ1n) is 11.9. The minimum Gasteiger partial charge on any atom is -0.497 e. The number of methoxy groups -OCH3 is 1. The average molecular weight is 484 g/mol. The maximum atomic E-state index is 5.99. The van der Waals surface area contributed by atoms with Crippen LogP contribution in [-0.4, -0.2) is 53.1 Å². The molecule has 5 rings (SSSR count). The Kier molecular flexibility index (Phi) is 7.09. The number of hydrogen-bond donors (Lipinski definition) is 2. The highest BCUT2D eigenvalue weighted by Crippen LogP contribution is 2.24. The summed E-state index contributed by atoms with van der Waals surface area (Å²) in [4.78, 5) is 17.9. The molecule has 1 aliphatic rings. The van der Waals surface area contributed by atoms with Gasteiger partial charge in [0.25, 0.3) is 0 Å². The van der Waals surface area contributed by atoms with Crippen LogP contribution >= 0.6 is 0 Å². The van der Waals surface area contributed by atoms with E-state index in [9.17, 15) is 0 Å². The number of benzene rings is 3. The Morgan fingerprint density at radius 3 is 2.14 bits per heavy atom. The number of rotatable bonds is 8. The molecule has 0 spiro atoms. The van der Waals surface area contributed by atoms with Crippen LogP contribution in [0, 0.1) is 0 Å². The molecule has 0 aliphatic carbocycles. The molecule has 2 heterocycles. The van der Waals surface area contributed by atoms with Crippen molar-refractivity contribution in [1.29, 1.82) is 0 Å². The topological polar surface area (TPSA) is 102 Å². The molecule has 0 radical (unpaired) electrons. The second kappa shape index (κ2) is 10.9. The quantitative estimate of drug-likeness (QED) is 0.379. The summed E-state index contributed by atoms with van der Waals surface area (Å²) in [7, 11) is 1.68. The lowest BCUT2D eigenvalue weighted by Gasteiger charge is -2.35. The number of hydrogen-bond acceptors (Lipinski definition) is 9. The molecular formula is C27H29N7O2. The van der Waals surface area contributed by atoms with Gasteiger partial charge in [0.15, 0.2) is 0 Å². The Bertz CT molecular complexity index is 1260. The summed E-state index contributed by atoms with van der Waals surface area (Å²) < 4.78 is 11.1. The van der Waals surface area contributed by atoms with Gasteiger partial charge in [-0.2, -0.15) is 15.0 Å². The fraction of sp³-hybridized carbons (Fsp3) is 0.222. The molecule has 3 aromatic carbocycles. The van der Waals surface area contributed by atoms with Crippen LogP contribution in [0.1, 0.15) is 5.82 Å². The molecule has 0 bridgehead atoms. The Hall–Kier alpha value is -4.37. The van der Waals surface area contributed by atoms with Crippen molar-refractivity contribution < 1.29 is 9.47 Å². The summed E-state index contributed by atoms with van der Waals surface area (Å²) in [5, 5.41) is 3.22. The molecule has 1 aromatic heterocycles.